The number of carbonyl (C=O) groups is 2. The largest absolute Gasteiger partial charge is 0.409 e. The zero-order valence-corrected chi connectivity index (χ0v) is 9.90. The van der Waals surface area contributed by atoms with Gasteiger partial charge in [-0.1, -0.05) is 5.16 Å². The van der Waals surface area contributed by atoms with Crippen LogP contribution < -0.4 is 16.8 Å². The van der Waals surface area contributed by atoms with Gasteiger partial charge in [-0.25, -0.2) is 0 Å². The van der Waals surface area contributed by atoms with Crippen LogP contribution in [-0.4, -0.2) is 42.6 Å². The van der Waals surface area contributed by atoms with E-state index in [2.05, 4.69) is 10.5 Å². The highest BCUT2D eigenvalue weighted by atomic mass is 16.5. The Hall–Kier alpha value is -1.83. The first-order chi connectivity index (χ1) is 7.82. The van der Waals surface area contributed by atoms with E-state index in [-0.39, 0.29) is 25.6 Å². The predicted octanol–water partition coefficient (Wildman–Crippen LogP) is -1.62. The molecule has 0 fully saturated rings. The van der Waals surface area contributed by atoms with Gasteiger partial charge in [-0.2, -0.15) is 0 Å². The fourth-order valence-corrected chi connectivity index (χ4v) is 0.872. The third-order valence-electron chi connectivity index (χ3n) is 2.09. The quantitative estimate of drug-likeness (QED) is 0.140. The molecule has 6 N–H and O–H groups in total. The van der Waals surface area contributed by atoms with Gasteiger partial charge in [0.25, 0.3) is 0 Å². The van der Waals surface area contributed by atoms with Gasteiger partial charge in [-0.05, 0) is 13.8 Å². The van der Waals surface area contributed by atoms with Crippen molar-refractivity contribution in [3.63, 3.8) is 0 Å². The number of ether oxygens (including phenoxy) is 1. The van der Waals surface area contributed by atoms with Crippen molar-refractivity contribution in [2.75, 3.05) is 19.8 Å². The highest BCUT2D eigenvalue weighted by Crippen LogP contribution is 2.14. The summed E-state index contributed by atoms with van der Waals surface area (Å²) in [7, 11) is 0. The molecular formula is C9H18N4O4. The van der Waals surface area contributed by atoms with E-state index in [4.69, 9.17) is 21.4 Å². The predicted molar refractivity (Wildman–Crippen MR) is 60.2 cm³/mol. The molecule has 0 atom stereocenters. The maximum atomic E-state index is 11.6. The molecule has 0 spiro atoms. The average Bonchev–Trinajstić information content (AvgIpc) is 2.26. The van der Waals surface area contributed by atoms with Gasteiger partial charge in [0.15, 0.2) is 5.84 Å². The molecule has 0 aromatic rings. The molecule has 0 aromatic carbocycles. The summed E-state index contributed by atoms with van der Waals surface area (Å²) in [4.78, 5) is 22.0. The van der Waals surface area contributed by atoms with Crippen LogP contribution in [0.4, 0.5) is 0 Å². The van der Waals surface area contributed by atoms with Gasteiger partial charge in [-0.3, -0.25) is 9.59 Å². The second-order valence-electron chi connectivity index (χ2n) is 3.89. The number of hydrogen-bond donors (Lipinski definition) is 4. The molecule has 98 valence electrons. The third-order valence-corrected chi connectivity index (χ3v) is 2.09. The molecule has 0 radical (unpaired) electrons. The lowest BCUT2D eigenvalue weighted by atomic mass is 9.91. The Balaban J connectivity index is 3.98. The highest BCUT2D eigenvalue weighted by Gasteiger charge is 2.32. The number of amidine groups is 1. The monoisotopic (exact) mass is 246 g/mol. The molecule has 0 aliphatic heterocycles. The summed E-state index contributed by atoms with van der Waals surface area (Å²) in [5.74, 6) is -1.17. The number of amides is 2. The molecule has 0 saturated carbocycles. The average molecular weight is 246 g/mol. The minimum absolute atomic E-state index is 0.154. The van der Waals surface area contributed by atoms with E-state index < -0.39 is 17.2 Å². The van der Waals surface area contributed by atoms with Gasteiger partial charge in [0.05, 0.1) is 6.61 Å². The number of nitrogens with two attached hydrogens (primary N) is 2. The Labute approximate surface area is 99.0 Å². The molecule has 0 heterocycles. The zero-order valence-electron chi connectivity index (χ0n) is 9.90. The first-order valence-electron chi connectivity index (χ1n) is 4.94. The lowest BCUT2D eigenvalue weighted by Gasteiger charge is -2.21. The third kappa shape index (κ3) is 5.16. The smallest absolute Gasteiger partial charge is 0.243 e. The summed E-state index contributed by atoms with van der Waals surface area (Å²) in [6.45, 7) is 3.19. The lowest BCUT2D eigenvalue weighted by molar-refractivity contribution is -0.126. The number of carbonyl (C=O) groups excluding carboxylic acids is 2. The van der Waals surface area contributed by atoms with Crippen molar-refractivity contribution in [3.05, 3.63) is 0 Å². The number of nitrogens with zero attached hydrogens (tertiary/aromatic N) is 1. The minimum atomic E-state index is -1.11. The molecule has 0 saturated heterocycles. The fraction of sp³-hybridized carbons (Fsp3) is 0.667. The van der Waals surface area contributed by atoms with E-state index in [0.29, 0.717) is 0 Å². The van der Waals surface area contributed by atoms with Gasteiger partial charge in [0.1, 0.15) is 12.0 Å². The first-order valence-corrected chi connectivity index (χ1v) is 4.94. The van der Waals surface area contributed by atoms with Gasteiger partial charge in [0, 0.05) is 6.54 Å². The summed E-state index contributed by atoms with van der Waals surface area (Å²) in [5, 5.41) is 13.8. The Morgan fingerprint density at radius 2 is 2.00 bits per heavy atom. The fourth-order valence-electron chi connectivity index (χ4n) is 0.872. The maximum Gasteiger partial charge on any atom is 0.243 e. The molecule has 0 aliphatic rings. The summed E-state index contributed by atoms with van der Waals surface area (Å²) >= 11 is 0. The normalized spacial score (nSPS) is 12.2. The van der Waals surface area contributed by atoms with E-state index in [0.717, 1.165) is 0 Å². The summed E-state index contributed by atoms with van der Waals surface area (Å²) < 4.78 is 4.84. The standard InChI is InChI=1S/C9H18N4O4/c1-9(2,7(11)13-16)8(15)12-3-4-17-5-6(10)14/h16H,3-5H2,1-2H3,(H2,10,14)(H2,11,13)(H,12,15). The van der Waals surface area contributed by atoms with Gasteiger partial charge in [0.2, 0.25) is 11.8 Å². The number of rotatable bonds is 7. The van der Waals surface area contributed by atoms with E-state index in [9.17, 15) is 9.59 Å². The van der Waals surface area contributed by atoms with Crippen LogP contribution in [0, 0.1) is 5.41 Å². The van der Waals surface area contributed by atoms with Crippen molar-refractivity contribution >= 4 is 17.6 Å². The summed E-state index contributed by atoms with van der Waals surface area (Å²) in [5.41, 5.74) is 9.11. The Morgan fingerprint density at radius 3 is 2.47 bits per heavy atom. The molecule has 2 amide bonds. The second kappa shape index (κ2) is 6.69. The topological polar surface area (TPSA) is 140 Å². The lowest BCUT2D eigenvalue weighted by Crippen LogP contribution is -2.46. The van der Waals surface area contributed by atoms with E-state index in [1.54, 1.807) is 0 Å². The number of primary amides is 1. The highest BCUT2D eigenvalue weighted by molar-refractivity contribution is 6.05. The molecule has 0 aliphatic carbocycles. The van der Waals surface area contributed by atoms with Gasteiger partial charge in [-0.15, -0.1) is 0 Å². The molecule has 8 nitrogen and oxygen atoms in total. The Morgan fingerprint density at radius 1 is 1.41 bits per heavy atom. The Bertz CT molecular complexity index is 314. The number of oxime groups is 1. The van der Waals surface area contributed by atoms with E-state index in [1.165, 1.54) is 13.8 Å². The van der Waals surface area contributed by atoms with Crippen molar-refractivity contribution in [1.29, 1.82) is 0 Å². The van der Waals surface area contributed by atoms with E-state index >= 15 is 0 Å². The molecule has 17 heavy (non-hydrogen) atoms. The minimum Gasteiger partial charge on any atom is -0.409 e. The van der Waals surface area contributed by atoms with E-state index in [1.807, 2.05) is 0 Å². The van der Waals surface area contributed by atoms with Crippen LogP contribution in [0.3, 0.4) is 0 Å². The SMILES string of the molecule is CC(C)(C(=O)NCCOCC(N)=O)C(N)=NO. The maximum absolute atomic E-state index is 11.6. The molecular weight excluding hydrogens is 228 g/mol. The van der Waals surface area contributed by atoms with Crippen LogP contribution >= 0.6 is 0 Å². The zero-order chi connectivity index (χ0) is 13.5. The van der Waals surface area contributed by atoms with Crippen LogP contribution in [0.15, 0.2) is 5.16 Å². The number of nitrogens with one attached hydrogen (secondary N) is 1. The molecule has 0 bridgehead atoms. The van der Waals surface area contributed by atoms with Crippen molar-refractivity contribution < 1.29 is 19.5 Å². The second-order valence-corrected chi connectivity index (χ2v) is 3.89. The Kier molecular flexibility index (Phi) is 5.97. The summed E-state index contributed by atoms with van der Waals surface area (Å²) in [6, 6.07) is 0. The van der Waals surface area contributed by atoms with Gasteiger partial charge < -0.3 is 26.7 Å². The van der Waals surface area contributed by atoms with Crippen LogP contribution in [0.5, 0.6) is 0 Å². The van der Waals surface area contributed by atoms with Crippen molar-refractivity contribution in [1.82, 2.24) is 5.32 Å². The first kappa shape index (κ1) is 15.2. The van der Waals surface area contributed by atoms with Crippen molar-refractivity contribution in [2.24, 2.45) is 22.0 Å². The molecule has 8 heteroatoms. The van der Waals surface area contributed by atoms with Crippen LogP contribution in [0.2, 0.25) is 0 Å². The van der Waals surface area contributed by atoms with Crippen molar-refractivity contribution in [3.8, 4) is 0 Å². The molecule has 0 aromatic heterocycles. The van der Waals surface area contributed by atoms with Crippen LogP contribution in [0.25, 0.3) is 0 Å². The van der Waals surface area contributed by atoms with Crippen LogP contribution in [-0.2, 0) is 14.3 Å². The van der Waals surface area contributed by atoms with Crippen molar-refractivity contribution in [2.45, 2.75) is 13.8 Å². The van der Waals surface area contributed by atoms with Crippen LogP contribution in [0.1, 0.15) is 13.8 Å². The van der Waals surface area contributed by atoms with Gasteiger partial charge >= 0.3 is 0 Å². The molecule has 0 unspecified atom stereocenters. The summed E-state index contributed by atoms with van der Waals surface area (Å²) in [6.07, 6.45) is 0. The molecule has 0 rings (SSSR count). The number of hydrogen-bond acceptors (Lipinski definition) is 5.